The molecule has 0 bridgehead atoms. The summed E-state index contributed by atoms with van der Waals surface area (Å²) in [6, 6.07) is 0.449. The molecule has 0 aliphatic carbocycles. The predicted molar refractivity (Wildman–Crippen MR) is 63.4 cm³/mol. The lowest BCUT2D eigenvalue weighted by Crippen LogP contribution is -2.13. The summed E-state index contributed by atoms with van der Waals surface area (Å²) in [5, 5.41) is 18.1. The molecular weight excluding hydrogens is 265 g/mol. The largest absolute Gasteiger partial charge is 0.504 e. The first-order valence-corrected chi connectivity index (χ1v) is 5.48. The minimum Gasteiger partial charge on any atom is -0.504 e. The fraction of sp³-hybridized carbons (Fsp3) is 0.364. The Morgan fingerprint density at radius 2 is 2.28 bits per heavy atom. The Hall–Kier alpha value is -1.53. The van der Waals surface area contributed by atoms with E-state index in [4.69, 9.17) is 22.4 Å². The molecule has 0 spiro atoms. The van der Waals surface area contributed by atoms with Gasteiger partial charge in [-0.1, -0.05) is 11.6 Å². The number of aliphatic carboxylic acids is 1. The fourth-order valence-corrected chi connectivity index (χ4v) is 1.79. The van der Waals surface area contributed by atoms with Gasteiger partial charge in [0.25, 0.3) is 0 Å². The van der Waals surface area contributed by atoms with E-state index in [1.165, 1.54) is 13.2 Å². The topological polar surface area (TPSA) is 92.8 Å². The van der Waals surface area contributed by atoms with E-state index in [1.54, 1.807) is 0 Å². The normalized spacial score (nSPS) is 12.2. The molecule has 1 aromatic carbocycles. The maximum absolute atomic E-state index is 13.7. The number of benzene rings is 1. The SMILES string of the molecule is COc1c(Cl)cc(C(N)CCC(=O)O)c(O)c1F. The molecule has 5 nitrogen and oxygen atoms in total. The van der Waals surface area contributed by atoms with Crippen molar-refractivity contribution in [3.8, 4) is 11.5 Å². The van der Waals surface area contributed by atoms with Gasteiger partial charge in [-0.3, -0.25) is 4.79 Å². The first kappa shape index (κ1) is 14.5. The third-order valence-corrected chi connectivity index (χ3v) is 2.73. The Kier molecular flexibility index (Phi) is 4.75. The number of phenols is 1. The average Bonchev–Trinajstić information content (AvgIpc) is 2.31. The number of hydrogen-bond acceptors (Lipinski definition) is 4. The van der Waals surface area contributed by atoms with Crippen LogP contribution in [0.15, 0.2) is 6.07 Å². The molecule has 0 fully saturated rings. The van der Waals surface area contributed by atoms with Gasteiger partial charge in [0, 0.05) is 18.0 Å². The molecule has 18 heavy (non-hydrogen) atoms. The van der Waals surface area contributed by atoms with Crippen molar-refractivity contribution in [2.75, 3.05) is 7.11 Å². The van der Waals surface area contributed by atoms with Crippen LogP contribution in [0.2, 0.25) is 5.02 Å². The van der Waals surface area contributed by atoms with E-state index in [0.717, 1.165) is 0 Å². The standard InChI is InChI=1S/C11H13ClFNO4/c1-18-11-6(12)4-5(10(17)9(11)13)7(14)2-3-8(15)16/h4,7,17H,2-3,14H2,1H3,(H,15,16). The molecule has 0 saturated carbocycles. The molecule has 0 aliphatic heterocycles. The molecule has 4 N–H and O–H groups in total. The van der Waals surface area contributed by atoms with E-state index >= 15 is 0 Å². The number of ether oxygens (including phenoxy) is 1. The number of aromatic hydroxyl groups is 1. The van der Waals surface area contributed by atoms with Crippen molar-refractivity contribution in [1.29, 1.82) is 0 Å². The fourth-order valence-electron chi connectivity index (χ4n) is 1.51. The predicted octanol–water partition coefficient (Wildman–Crippen LogP) is 2.06. The van der Waals surface area contributed by atoms with E-state index < -0.39 is 23.6 Å². The van der Waals surface area contributed by atoms with Crippen LogP contribution in [-0.2, 0) is 4.79 Å². The maximum atomic E-state index is 13.7. The van der Waals surface area contributed by atoms with Crippen molar-refractivity contribution in [1.82, 2.24) is 0 Å². The smallest absolute Gasteiger partial charge is 0.303 e. The number of carboxylic acid groups (broad SMARTS) is 1. The summed E-state index contributed by atoms with van der Waals surface area (Å²) in [4.78, 5) is 10.4. The molecule has 0 heterocycles. The maximum Gasteiger partial charge on any atom is 0.303 e. The summed E-state index contributed by atoms with van der Waals surface area (Å²) in [7, 11) is 1.22. The molecule has 1 aromatic rings. The van der Waals surface area contributed by atoms with Gasteiger partial charge in [-0.05, 0) is 12.5 Å². The van der Waals surface area contributed by atoms with Crippen molar-refractivity contribution in [2.45, 2.75) is 18.9 Å². The van der Waals surface area contributed by atoms with Crippen molar-refractivity contribution in [2.24, 2.45) is 5.73 Å². The van der Waals surface area contributed by atoms with E-state index in [9.17, 15) is 14.3 Å². The van der Waals surface area contributed by atoms with Gasteiger partial charge in [-0.2, -0.15) is 4.39 Å². The van der Waals surface area contributed by atoms with Crippen molar-refractivity contribution >= 4 is 17.6 Å². The highest BCUT2D eigenvalue weighted by molar-refractivity contribution is 6.32. The Labute approximate surface area is 108 Å². The first-order chi connectivity index (χ1) is 8.38. The number of halogens is 2. The molecule has 100 valence electrons. The van der Waals surface area contributed by atoms with Crippen LogP contribution in [-0.4, -0.2) is 23.3 Å². The lowest BCUT2D eigenvalue weighted by atomic mass is 10.0. The van der Waals surface area contributed by atoms with Crippen LogP contribution in [0.4, 0.5) is 4.39 Å². The highest BCUT2D eigenvalue weighted by Gasteiger charge is 2.21. The van der Waals surface area contributed by atoms with Gasteiger partial charge >= 0.3 is 5.97 Å². The minimum absolute atomic E-state index is 0.0337. The molecule has 0 amide bonds. The number of carbonyl (C=O) groups is 1. The number of nitrogens with two attached hydrogens (primary N) is 1. The van der Waals surface area contributed by atoms with Gasteiger partial charge in [0.2, 0.25) is 5.82 Å². The zero-order valence-electron chi connectivity index (χ0n) is 9.61. The van der Waals surface area contributed by atoms with E-state index in [2.05, 4.69) is 4.74 Å². The second-order valence-corrected chi connectivity index (χ2v) is 4.09. The van der Waals surface area contributed by atoms with Crippen LogP contribution >= 0.6 is 11.6 Å². The molecule has 1 rings (SSSR count). The Morgan fingerprint density at radius 3 is 2.78 bits per heavy atom. The number of carboxylic acids is 1. The zero-order chi connectivity index (χ0) is 13.9. The molecule has 1 atom stereocenters. The van der Waals surface area contributed by atoms with Gasteiger partial charge in [0.1, 0.15) is 0 Å². The van der Waals surface area contributed by atoms with Crippen LogP contribution in [0.3, 0.4) is 0 Å². The monoisotopic (exact) mass is 277 g/mol. The van der Waals surface area contributed by atoms with Crippen molar-refractivity contribution < 1.29 is 24.1 Å². The van der Waals surface area contributed by atoms with Crippen LogP contribution in [0.5, 0.6) is 11.5 Å². The molecule has 0 aliphatic rings. The van der Waals surface area contributed by atoms with Crippen LogP contribution in [0, 0.1) is 5.82 Å². The lowest BCUT2D eigenvalue weighted by molar-refractivity contribution is -0.137. The lowest BCUT2D eigenvalue weighted by Gasteiger charge is -2.15. The molecule has 1 unspecified atom stereocenters. The highest BCUT2D eigenvalue weighted by Crippen LogP contribution is 2.39. The van der Waals surface area contributed by atoms with Gasteiger partial charge in [0.15, 0.2) is 11.5 Å². The first-order valence-electron chi connectivity index (χ1n) is 5.10. The highest BCUT2D eigenvalue weighted by atomic mass is 35.5. The van der Waals surface area contributed by atoms with Gasteiger partial charge in [0.05, 0.1) is 12.1 Å². The zero-order valence-corrected chi connectivity index (χ0v) is 10.4. The van der Waals surface area contributed by atoms with E-state index in [0.29, 0.717) is 0 Å². The summed E-state index contributed by atoms with van der Waals surface area (Å²) >= 11 is 5.77. The van der Waals surface area contributed by atoms with Crippen LogP contribution in [0.1, 0.15) is 24.4 Å². The quantitative estimate of drug-likeness (QED) is 0.766. The molecule has 0 saturated heterocycles. The van der Waals surface area contributed by atoms with Crippen LogP contribution < -0.4 is 10.5 Å². The summed E-state index contributed by atoms with van der Waals surface area (Å²) in [6.07, 6.45) is -0.128. The van der Waals surface area contributed by atoms with Gasteiger partial charge < -0.3 is 20.7 Å². The Bertz CT molecular complexity index is 467. The molecule has 0 aromatic heterocycles. The number of rotatable bonds is 5. The third-order valence-electron chi connectivity index (χ3n) is 2.45. The average molecular weight is 278 g/mol. The van der Waals surface area contributed by atoms with E-state index in [1.807, 2.05) is 0 Å². The minimum atomic E-state index is -1.02. The molecular formula is C11H13ClFNO4. The summed E-state index contributed by atoms with van der Waals surface area (Å²) in [5.41, 5.74) is 5.74. The van der Waals surface area contributed by atoms with Crippen molar-refractivity contribution in [3.63, 3.8) is 0 Å². The molecule has 0 radical (unpaired) electrons. The number of phenolic OH excluding ortho intramolecular Hbond substituents is 1. The van der Waals surface area contributed by atoms with Gasteiger partial charge in [-0.15, -0.1) is 0 Å². The number of hydrogen-bond donors (Lipinski definition) is 3. The van der Waals surface area contributed by atoms with Gasteiger partial charge in [-0.25, -0.2) is 0 Å². The third kappa shape index (κ3) is 3.02. The summed E-state index contributed by atoms with van der Waals surface area (Å²) < 4.78 is 18.3. The number of methoxy groups -OCH3 is 1. The second kappa shape index (κ2) is 5.88. The Morgan fingerprint density at radius 1 is 1.67 bits per heavy atom. The summed E-state index contributed by atoms with van der Waals surface area (Å²) in [5.74, 6) is -2.98. The van der Waals surface area contributed by atoms with Crippen LogP contribution in [0.25, 0.3) is 0 Å². The Balaban J connectivity index is 3.06. The summed E-state index contributed by atoms with van der Waals surface area (Å²) in [6.45, 7) is 0. The van der Waals surface area contributed by atoms with E-state index in [-0.39, 0.29) is 29.2 Å². The molecule has 7 heteroatoms. The second-order valence-electron chi connectivity index (χ2n) is 3.68. The van der Waals surface area contributed by atoms with Crippen molar-refractivity contribution in [3.05, 3.63) is 22.5 Å².